The number of pyridine rings is 1. The van der Waals surface area contributed by atoms with E-state index >= 15 is 0 Å². The summed E-state index contributed by atoms with van der Waals surface area (Å²) in [6.45, 7) is 1.95. The number of thiazole rings is 1. The Hall–Kier alpha value is -3.12. The molecule has 1 aliphatic heterocycles. The minimum Gasteiger partial charge on any atom is -0.402 e. The minimum atomic E-state index is -0.467. The van der Waals surface area contributed by atoms with Gasteiger partial charge >= 0.3 is 5.97 Å². The molecule has 1 aliphatic rings. The summed E-state index contributed by atoms with van der Waals surface area (Å²) >= 11 is 1.47. The Morgan fingerprint density at radius 1 is 1.12 bits per heavy atom. The smallest absolute Gasteiger partial charge is 0.363 e. The van der Waals surface area contributed by atoms with E-state index < -0.39 is 5.97 Å². The van der Waals surface area contributed by atoms with Gasteiger partial charge in [-0.15, -0.1) is 11.3 Å². The average Bonchev–Trinajstić information content (AvgIpc) is 3.24. The van der Waals surface area contributed by atoms with Crippen molar-refractivity contribution in [3.63, 3.8) is 0 Å². The third kappa shape index (κ3) is 3.12. The number of ether oxygens (including phenoxy) is 1. The number of aliphatic imine (C=N–C) groups is 1. The summed E-state index contributed by atoms with van der Waals surface area (Å²) in [6.07, 6.45) is 3.36. The van der Waals surface area contributed by atoms with E-state index in [4.69, 9.17) is 4.74 Å². The van der Waals surface area contributed by atoms with Crippen LogP contribution >= 0.6 is 11.3 Å². The monoisotopic (exact) mass is 347 g/mol. The number of carbonyl (C=O) groups excluding carboxylic acids is 1. The molecule has 0 spiro atoms. The zero-order valence-corrected chi connectivity index (χ0v) is 14.2. The molecule has 3 aromatic rings. The highest BCUT2D eigenvalue weighted by molar-refractivity contribution is 7.13. The van der Waals surface area contributed by atoms with Crippen LogP contribution in [0.4, 0.5) is 0 Å². The van der Waals surface area contributed by atoms with Gasteiger partial charge in [-0.25, -0.2) is 14.8 Å². The van der Waals surface area contributed by atoms with Crippen molar-refractivity contribution in [1.82, 2.24) is 9.97 Å². The molecule has 0 fully saturated rings. The Balaban J connectivity index is 1.65. The number of hydrogen-bond acceptors (Lipinski definition) is 6. The Bertz CT molecular complexity index is 1010. The number of cyclic esters (lactones) is 1. The van der Waals surface area contributed by atoms with E-state index in [1.807, 2.05) is 54.8 Å². The van der Waals surface area contributed by atoms with Gasteiger partial charge in [0.1, 0.15) is 5.01 Å². The maximum absolute atomic E-state index is 12.1. The van der Waals surface area contributed by atoms with E-state index in [0.717, 1.165) is 21.8 Å². The van der Waals surface area contributed by atoms with Crippen LogP contribution in [0.3, 0.4) is 0 Å². The van der Waals surface area contributed by atoms with Crippen molar-refractivity contribution >= 4 is 29.3 Å². The first kappa shape index (κ1) is 15.4. The van der Waals surface area contributed by atoms with Gasteiger partial charge in [-0.05, 0) is 36.8 Å². The third-order valence-corrected chi connectivity index (χ3v) is 4.57. The molecule has 0 N–H and O–H groups in total. The van der Waals surface area contributed by atoms with Crippen LogP contribution in [0.25, 0.3) is 16.8 Å². The van der Waals surface area contributed by atoms with Gasteiger partial charge in [0.25, 0.3) is 0 Å². The first-order valence-corrected chi connectivity index (χ1v) is 8.54. The van der Waals surface area contributed by atoms with Gasteiger partial charge in [0, 0.05) is 17.1 Å². The van der Waals surface area contributed by atoms with Crippen molar-refractivity contribution in [3.8, 4) is 10.7 Å². The van der Waals surface area contributed by atoms with Crippen molar-refractivity contribution in [2.75, 3.05) is 0 Å². The van der Waals surface area contributed by atoms with E-state index in [1.165, 1.54) is 11.3 Å². The summed E-state index contributed by atoms with van der Waals surface area (Å²) in [6, 6.07) is 13.3. The predicted octanol–water partition coefficient (Wildman–Crippen LogP) is 3.86. The van der Waals surface area contributed by atoms with Gasteiger partial charge < -0.3 is 4.74 Å². The highest BCUT2D eigenvalue weighted by atomic mass is 32.1. The molecule has 0 unspecified atom stereocenters. The molecule has 4 rings (SSSR count). The molecule has 0 aliphatic carbocycles. The number of carbonyl (C=O) groups is 1. The normalized spacial score (nSPS) is 15.3. The molecule has 6 heteroatoms. The lowest BCUT2D eigenvalue weighted by Crippen LogP contribution is -2.06. The molecule has 0 bridgehead atoms. The number of nitrogens with zero attached hydrogens (tertiary/aromatic N) is 3. The fraction of sp³-hybridized carbons (Fsp3) is 0.0526. The minimum absolute atomic E-state index is 0.246. The molecule has 5 nitrogen and oxygen atoms in total. The first-order chi connectivity index (χ1) is 12.2. The molecule has 0 atom stereocenters. The number of hydrogen-bond donors (Lipinski definition) is 0. The zero-order valence-electron chi connectivity index (χ0n) is 13.3. The predicted molar refractivity (Wildman–Crippen MR) is 97.1 cm³/mol. The topological polar surface area (TPSA) is 64.4 Å². The van der Waals surface area contributed by atoms with Crippen LogP contribution in [0.5, 0.6) is 0 Å². The van der Waals surface area contributed by atoms with Crippen molar-refractivity contribution in [3.05, 3.63) is 76.6 Å². The molecule has 25 heavy (non-hydrogen) atoms. The average molecular weight is 347 g/mol. The Morgan fingerprint density at radius 2 is 1.96 bits per heavy atom. The lowest BCUT2D eigenvalue weighted by Gasteiger charge is -2.02. The number of esters is 1. The Morgan fingerprint density at radius 3 is 2.76 bits per heavy atom. The maximum Gasteiger partial charge on any atom is 0.363 e. The first-order valence-electron chi connectivity index (χ1n) is 7.66. The number of aromatic nitrogens is 2. The molecule has 122 valence electrons. The van der Waals surface area contributed by atoms with Crippen LogP contribution < -0.4 is 0 Å². The van der Waals surface area contributed by atoms with E-state index in [9.17, 15) is 4.79 Å². The highest BCUT2D eigenvalue weighted by Gasteiger charge is 2.25. The number of benzene rings is 1. The van der Waals surface area contributed by atoms with Gasteiger partial charge in [-0.3, -0.25) is 4.98 Å². The summed E-state index contributed by atoms with van der Waals surface area (Å²) in [4.78, 5) is 25.2. The molecule has 2 aromatic heterocycles. The van der Waals surface area contributed by atoms with E-state index in [1.54, 1.807) is 12.3 Å². The van der Waals surface area contributed by atoms with Gasteiger partial charge in [0.05, 0.1) is 11.4 Å². The largest absolute Gasteiger partial charge is 0.402 e. The molecule has 0 radical (unpaired) electrons. The SMILES string of the molecule is Cc1ccccc1C1=N/C(=C\c2csc(-c3ccccn3)n2)C(=O)O1. The van der Waals surface area contributed by atoms with Crippen LogP contribution in [0.15, 0.2) is 64.7 Å². The fourth-order valence-corrected chi connectivity index (χ4v) is 3.19. The molecular formula is C19H13N3O2S. The number of aryl methyl sites for hydroxylation is 1. The van der Waals surface area contributed by atoms with Crippen LogP contribution in [-0.4, -0.2) is 21.8 Å². The molecule has 1 aromatic carbocycles. The molecular weight excluding hydrogens is 334 g/mol. The standard InChI is InChI=1S/C19H13N3O2S/c1-12-6-2-3-7-14(12)17-22-16(19(23)24-17)10-13-11-25-18(21-13)15-8-4-5-9-20-15/h2-11H,1H3/b16-10-. The quantitative estimate of drug-likeness (QED) is 0.533. The molecule has 0 saturated heterocycles. The summed E-state index contributed by atoms with van der Waals surface area (Å²) in [5, 5.41) is 2.66. The van der Waals surface area contributed by atoms with Crippen LogP contribution in [0, 0.1) is 6.92 Å². The molecule has 3 heterocycles. The van der Waals surface area contributed by atoms with Crippen molar-refractivity contribution in [2.45, 2.75) is 6.92 Å². The fourth-order valence-electron chi connectivity index (χ4n) is 2.44. The summed E-state index contributed by atoms with van der Waals surface area (Å²) in [5.74, 6) is -0.139. The Labute approximate surface area is 148 Å². The van der Waals surface area contributed by atoms with Gasteiger partial charge in [-0.2, -0.15) is 0 Å². The molecule has 0 saturated carbocycles. The highest BCUT2D eigenvalue weighted by Crippen LogP contribution is 2.25. The van der Waals surface area contributed by atoms with Gasteiger partial charge in [0.15, 0.2) is 5.70 Å². The molecule has 0 amide bonds. The van der Waals surface area contributed by atoms with Crippen LogP contribution in [0.2, 0.25) is 0 Å². The van der Waals surface area contributed by atoms with Crippen molar-refractivity contribution < 1.29 is 9.53 Å². The van der Waals surface area contributed by atoms with Gasteiger partial charge in [0.2, 0.25) is 5.90 Å². The summed E-state index contributed by atoms with van der Waals surface area (Å²) in [5.41, 5.74) is 3.52. The maximum atomic E-state index is 12.1. The van der Waals surface area contributed by atoms with E-state index in [0.29, 0.717) is 11.6 Å². The zero-order chi connectivity index (χ0) is 17.2. The number of rotatable bonds is 3. The third-order valence-electron chi connectivity index (χ3n) is 3.69. The van der Waals surface area contributed by atoms with Gasteiger partial charge in [-0.1, -0.05) is 24.3 Å². The summed E-state index contributed by atoms with van der Waals surface area (Å²) < 4.78 is 5.31. The van der Waals surface area contributed by atoms with E-state index in [-0.39, 0.29) is 5.70 Å². The lowest BCUT2D eigenvalue weighted by molar-refractivity contribution is -0.129. The van der Waals surface area contributed by atoms with Crippen molar-refractivity contribution in [1.29, 1.82) is 0 Å². The van der Waals surface area contributed by atoms with Crippen LogP contribution in [-0.2, 0) is 9.53 Å². The van der Waals surface area contributed by atoms with E-state index in [2.05, 4.69) is 15.0 Å². The second-order valence-electron chi connectivity index (χ2n) is 5.44. The summed E-state index contributed by atoms with van der Waals surface area (Å²) in [7, 11) is 0. The Kier molecular flexibility index (Phi) is 3.95. The second kappa shape index (κ2) is 6.41. The van der Waals surface area contributed by atoms with Crippen LogP contribution in [0.1, 0.15) is 16.8 Å². The van der Waals surface area contributed by atoms with Crippen molar-refractivity contribution in [2.24, 2.45) is 4.99 Å². The lowest BCUT2D eigenvalue weighted by atomic mass is 10.1. The second-order valence-corrected chi connectivity index (χ2v) is 6.30.